The minimum atomic E-state index is -4.28. The van der Waals surface area contributed by atoms with Gasteiger partial charge in [-0.2, -0.15) is 13.2 Å². The largest absolute Gasteiger partial charge is 0.416 e. The Bertz CT molecular complexity index is 342. The van der Waals surface area contributed by atoms with Gasteiger partial charge in [0.15, 0.2) is 0 Å². The van der Waals surface area contributed by atoms with Gasteiger partial charge in [0.1, 0.15) is 0 Å². The second-order valence-corrected chi connectivity index (χ2v) is 4.62. The van der Waals surface area contributed by atoms with Crippen LogP contribution in [0.5, 0.6) is 0 Å². The number of benzene rings is 1. The molecule has 4 heteroatoms. The fourth-order valence-corrected chi connectivity index (χ4v) is 1.69. The zero-order valence-corrected chi connectivity index (χ0v) is 10.1. The first-order chi connectivity index (χ1) is 6.79. The molecule has 0 saturated heterocycles. The van der Waals surface area contributed by atoms with Crippen molar-refractivity contribution < 1.29 is 13.2 Å². The maximum absolute atomic E-state index is 12.7. The molecule has 0 fully saturated rings. The standard InChI is InChI=1S/C11H12BrF3/c1-10(2,7-12)8-5-3-4-6-9(8)11(13,14)15/h3-6H,7H2,1-2H3. The van der Waals surface area contributed by atoms with Gasteiger partial charge in [-0.1, -0.05) is 48.0 Å². The first-order valence-electron chi connectivity index (χ1n) is 4.52. The summed E-state index contributed by atoms with van der Waals surface area (Å²) < 4.78 is 38.1. The van der Waals surface area contributed by atoms with Crippen LogP contribution in [0.3, 0.4) is 0 Å². The van der Waals surface area contributed by atoms with Crippen LogP contribution < -0.4 is 0 Å². The molecule has 0 aromatic heterocycles. The highest BCUT2D eigenvalue weighted by Crippen LogP contribution is 2.37. The molecular weight excluding hydrogens is 269 g/mol. The Morgan fingerprint density at radius 3 is 1.93 bits per heavy atom. The maximum Gasteiger partial charge on any atom is 0.416 e. The van der Waals surface area contributed by atoms with E-state index in [9.17, 15) is 13.2 Å². The number of rotatable bonds is 2. The summed E-state index contributed by atoms with van der Waals surface area (Å²) in [5.41, 5.74) is -0.740. The lowest BCUT2D eigenvalue weighted by atomic mass is 9.83. The van der Waals surface area contributed by atoms with Crippen molar-refractivity contribution in [2.24, 2.45) is 0 Å². The summed E-state index contributed by atoms with van der Waals surface area (Å²) in [6, 6.07) is 5.70. The Balaban J connectivity index is 3.31. The smallest absolute Gasteiger partial charge is 0.166 e. The van der Waals surface area contributed by atoms with Gasteiger partial charge in [0.2, 0.25) is 0 Å². The van der Waals surface area contributed by atoms with Gasteiger partial charge in [0.05, 0.1) is 5.56 Å². The normalized spacial score (nSPS) is 12.9. The number of halogens is 4. The predicted octanol–water partition coefficient (Wildman–Crippen LogP) is 4.38. The van der Waals surface area contributed by atoms with Crippen LogP contribution in [0.15, 0.2) is 24.3 Å². The number of alkyl halides is 4. The quantitative estimate of drug-likeness (QED) is 0.706. The van der Waals surface area contributed by atoms with E-state index in [2.05, 4.69) is 15.9 Å². The highest BCUT2D eigenvalue weighted by molar-refractivity contribution is 9.09. The summed E-state index contributed by atoms with van der Waals surface area (Å²) in [7, 11) is 0. The lowest BCUT2D eigenvalue weighted by Gasteiger charge is -2.26. The van der Waals surface area contributed by atoms with Crippen molar-refractivity contribution in [2.45, 2.75) is 25.4 Å². The molecule has 0 N–H and O–H groups in total. The van der Waals surface area contributed by atoms with Crippen LogP contribution in [0.1, 0.15) is 25.0 Å². The van der Waals surface area contributed by atoms with Gasteiger partial charge in [-0.3, -0.25) is 0 Å². The zero-order valence-electron chi connectivity index (χ0n) is 8.53. The van der Waals surface area contributed by atoms with E-state index in [0.29, 0.717) is 10.9 Å². The molecule has 0 bridgehead atoms. The van der Waals surface area contributed by atoms with Crippen LogP contribution >= 0.6 is 15.9 Å². The molecule has 0 unspecified atom stereocenters. The predicted molar refractivity (Wildman–Crippen MR) is 58.3 cm³/mol. The van der Waals surface area contributed by atoms with Crippen molar-refractivity contribution in [1.29, 1.82) is 0 Å². The lowest BCUT2D eigenvalue weighted by Crippen LogP contribution is -2.24. The number of hydrogen-bond acceptors (Lipinski definition) is 0. The SMILES string of the molecule is CC(C)(CBr)c1ccccc1C(F)(F)F. The molecule has 1 rings (SSSR count). The molecule has 0 atom stereocenters. The Labute approximate surface area is 95.6 Å². The van der Waals surface area contributed by atoms with Crippen LogP contribution in [0.2, 0.25) is 0 Å². The van der Waals surface area contributed by atoms with Crippen molar-refractivity contribution in [3.8, 4) is 0 Å². The van der Waals surface area contributed by atoms with Gasteiger partial charge >= 0.3 is 6.18 Å². The first kappa shape index (κ1) is 12.6. The van der Waals surface area contributed by atoms with E-state index in [1.165, 1.54) is 12.1 Å². The molecule has 0 radical (unpaired) electrons. The van der Waals surface area contributed by atoms with Crippen molar-refractivity contribution in [3.63, 3.8) is 0 Å². The van der Waals surface area contributed by atoms with E-state index in [1.54, 1.807) is 19.9 Å². The first-order valence-corrected chi connectivity index (χ1v) is 5.64. The molecule has 1 aromatic rings. The molecule has 15 heavy (non-hydrogen) atoms. The van der Waals surface area contributed by atoms with Crippen molar-refractivity contribution in [2.75, 3.05) is 5.33 Å². The van der Waals surface area contributed by atoms with Crippen molar-refractivity contribution >= 4 is 15.9 Å². The van der Waals surface area contributed by atoms with E-state index in [1.807, 2.05) is 0 Å². The molecule has 0 spiro atoms. The minimum absolute atomic E-state index is 0.328. The molecular formula is C11H12BrF3. The average Bonchev–Trinajstić information content (AvgIpc) is 2.16. The lowest BCUT2D eigenvalue weighted by molar-refractivity contribution is -0.138. The van der Waals surface area contributed by atoms with E-state index in [-0.39, 0.29) is 0 Å². The third-order valence-corrected chi connectivity index (χ3v) is 3.70. The third-order valence-electron chi connectivity index (χ3n) is 2.30. The summed E-state index contributed by atoms with van der Waals surface area (Å²) in [4.78, 5) is 0. The van der Waals surface area contributed by atoms with Crippen LogP contribution in [0.25, 0.3) is 0 Å². The fraction of sp³-hybridized carbons (Fsp3) is 0.455. The van der Waals surface area contributed by atoms with Gasteiger partial charge in [-0.05, 0) is 17.0 Å². The van der Waals surface area contributed by atoms with Crippen LogP contribution in [-0.4, -0.2) is 5.33 Å². The Kier molecular flexibility index (Phi) is 3.48. The minimum Gasteiger partial charge on any atom is -0.166 e. The molecule has 0 aliphatic rings. The summed E-state index contributed by atoms with van der Waals surface area (Å²) >= 11 is 3.24. The van der Waals surface area contributed by atoms with Gasteiger partial charge in [0.25, 0.3) is 0 Å². The topological polar surface area (TPSA) is 0 Å². The Hall–Kier alpha value is -0.510. The van der Waals surface area contributed by atoms with E-state index < -0.39 is 17.2 Å². The van der Waals surface area contributed by atoms with Gasteiger partial charge in [-0.25, -0.2) is 0 Å². The Morgan fingerprint density at radius 1 is 1.07 bits per heavy atom. The van der Waals surface area contributed by atoms with Crippen LogP contribution in [0.4, 0.5) is 13.2 Å². The molecule has 0 aliphatic carbocycles. The Morgan fingerprint density at radius 2 is 1.53 bits per heavy atom. The monoisotopic (exact) mass is 280 g/mol. The van der Waals surface area contributed by atoms with Crippen molar-refractivity contribution in [3.05, 3.63) is 35.4 Å². The second-order valence-electron chi connectivity index (χ2n) is 4.06. The second kappa shape index (κ2) is 4.16. The molecule has 84 valence electrons. The summed E-state index contributed by atoms with van der Waals surface area (Å²) in [5.74, 6) is 0. The molecule has 0 nitrogen and oxygen atoms in total. The van der Waals surface area contributed by atoms with Gasteiger partial charge in [0, 0.05) is 5.33 Å². The van der Waals surface area contributed by atoms with Gasteiger partial charge < -0.3 is 0 Å². The van der Waals surface area contributed by atoms with E-state index in [4.69, 9.17) is 0 Å². The van der Waals surface area contributed by atoms with Crippen molar-refractivity contribution in [1.82, 2.24) is 0 Å². The molecule has 0 saturated carbocycles. The van der Waals surface area contributed by atoms with Crippen LogP contribution in [-0.2, 0) is 11.6 Å². The fourth-order valence-electron chi connectivity index (χ4n) is 1.39. The van der Waals surface area contributed by atoms with E-state index >= 15 is 0 Å². The molecule has 0 amide bonds. The molecule has 0 heterocycles. The van der Waals surface area contributed by atoms with Crippen LogP contribution in [0, 0.1) is 0 Å². The third kappa shape index (κ3) is 2.74. The summed E-state index contributed by atoms with van der Waals surface area (Å²) in [6.45, 7) is 3.57. The summed E-state index contributed by atoms with van der Waals surface area (Å²) in [5, 5.41) is 0.493. The molecule has 0 aliphatic heterocycles. The molecule has 1 aromatic carbocycles. The van der Waals surface area contributed by atoms with E-state index in [0.717, 1.165) is 6.07 Å². The van der Waals surface area contributed by atoms with Gasteiger partial charge in [-0.15, -0.1) is 0 Å². The maximum atomic E-state index is 12.7. The summed E-state index contributed by atoms with van der Waals surface area (Å²) in [6.07, 6.45) is -4.28. The average molecular weight is 281 g/mol. The highest BCUT2D eigenvalue weighted by Gasteiger charge is 2.36. The number of hydrogen-bond donors (Lipinski definition) is 0. The highest BCUT2D eigenvalue weighted by atomic mass is 79.9. The zero-order chi connectivity index (χ0) is 11.7.